The van der Waals surface area contributed by atoms with Crippen LogP contribution in [0.2, 0.25) is 0 Å². The smallest absolute Gasteiger partial charge is 0.410 e. The third-order valence-corrected chi connectivity index (χ3v) is 5.70. The molecule has 0 aliphatic carbocycles. The first-order chi connectivity index (χ1) is 16.4. The number of benzene rings is 1. The van der Waals surface area contributed by atoms with E-state index in [9.17, 15) is 9.59 Å². The van der Waals surface area contributed by atoms with Gasteiger partial charge in [0.05, 0.1) is 17.9 Å². The topological polar surface area (TPSA) is 99.7 Å². The van der Waals surface area contributed by atoms with E-state index >= 15 is 0 Å². The molecule has 1 atom stereocenters. The second-order valence-electron chi connectivity index (χ2n) is 8.70. The Balaban J connectivity index is 1.69. The number of aromatic nitrogens is 2. The number of rotatable bonds is 11. The molecule has 1 aliphatic rings. The predicted molar refractivity (Wildman–Crippen MR) is 135 cm³/mol. The van der Waals surface area contributed by atoms with Crippen molar-refractivity contribution in [3.63, 3.8) is 0 Å². The Morgan fingerprint density at radius 1 is 1.15 bits per heavy atom. The summed E-state index contributed by atoms with van der Waals surface area (Å²) in [4.78, 5) is 37.1. The Labute approximate surface area is 201 Å². The van der Waals surface area contributed by atoms with Crippen LogP contribution in [0.4, 0.5) is 22.2 Å². The standard InChI is InChI=1S/C25H36N6O3/c1-5-30(6-2)24-26-16-22(27-18(3)4)23(29-24)28-20(17-32)15-19-9-11-21(12-10-19)34-25(33)31-13-7-8-14-31/h9-12,16-18,20,27H,5-8,13-15H2,1-4H3,(H,26,28,29)/t20-/m0/s1. The third-order valence-electron chi connectivity index (χ3n) is 5.70. The van der Waals surface area contributed by atoms with Crippen LogP contribution >= 0.6 is 0 Å². The summed E-state index contributed by atoms with van der Waals surface area (Å²) in [5, 5.41) is 6.62. The minimum atomic E-state index is -0.481. The van der Waals surface area contributed by atoms with Gasteiger partial charge in [0.25, 0.3) is 0 Å². The Kier molecular flexibility index (Phi) is 9.07. The minimum Gasteiger partial charge on any atom is -0.410 e. The lowest BCUT2D eigenvalue weighted by Crippen LogP contribution is -2.30. The number of nitrogens with zero attached hydrogens (tertiary/aromatic N) is 4. The summed E-state index contributed by atoms with van der Waals surface area (Å²) in [5.74, 6) is 1.72. The molecule has 1 amide bonds. The third kappa shape index (κ3) is 6.82. The molecule has 9 nitrogen and oxygen atoms in total. The summed E-state index contributed by atoms with van der Waals surface area (Å²) < 4.78 is 5.46. The monoisotopic (exact) mass is 468 g/mol. The van der Waals surface area contributed by atoms with E-state index in [-0.39, 0.29) is 12.1 Å². The highest BCUT2D eigenvalue weighted by Crippen LogP contribution is 2.24. The molecule has 34 heavy (non-hydrogen) atoms. The molecule has 2 N–H and O–H groups in total. The normalized spacial score (nSPS) is 14.1. The number of likely N-dealkylation sites (tertiary alicyclic amines) is 1. The number of ether oxygens (including phenoxy) is 1. The van der Waals surface area contributed by atoms with Crippen molar-refractivity contribution in [1.82, 2.24) is 14.9 Å². The number of carbonyl (C=O) groups excluding carboxylic acids is 2. The zero-order valence-corrected chi connectivity index (χ0v) is 20.6. The van der Waals surface area contributed by atoms with E-state index in [1.807, 2.05) is 26.0 Å². The fraction of sp³-hybridized carbons (Fsp3) is 0.520. The summed E-state index contributed by atoms with van der Waals surface area (Å²) in [6.45, 7) is 11.3. The van der Waals surface area contributed by atoms with Crippen molar-refractivity contribution in [3.05, 3.63) is 36.0 Å². The lowest BCUT2D eigenvalue weighted by molar-refractivity contribution is -0.108. The molecule has 0 spiro atoms. The maximum atomic E-state index is 12.2. The van der Waals surface area contributed by atoms with E-state index in [0.29, 0.717) is 23.9 Å². The highest BCUT2D eigenvalue weighted by Gasteiger charge is 2.20. The summed E-state index contributed by atoms with van der Waals surface area (Å²) in [5.41, 5.74) is 1.70. The SMILES string of the molecule is CCN(CC)c1ncc(NC(C)C)c(N[C@H](C=O)Cc2ccc(OC(=O)N3CCCC3)cc2)n1. The summed E-state index contributed by atoms with van der Waals surface area (Å²) >= 11 is 0. The molecular weight excluding hydrogens is 432 g/mol. The average Bonchev–Trinajstić information content (AvgIpc) is 3.37. The van der Waals surface area contributed by atoms with E-state index in [1.54, 1.807) is 23.2 Å². The first-order valence-corrected chi connectivity index (χ1v) is 12.1. The van der Waals surface area contributed by atoms with Gasteiger partial charge in [-0.15, -0.1) is 0 Å². The lowest BCUT2D eigenvalue weighted by Gasteiger charge is -2.23. The number of anilines is 3. The zero-order valence-electron chi connectivity index (χ0n) is 20.6. The Morgan fingerprint density at radius 2 is 1.82 bits per heavy atom. The molecule has 0 bridgehead atoms. The molecule has 9 heteroatoms. The molecule has 1 aliphatic heterocycles. The van der Waals surface area contributed by atoms with Gasteiger partial charge in [-0.25, -0.2) is 9.78 Å². The lowest BCUT2D eigenvalue weighted by atomic mass is 10.1. The van der Waals surface area contributed by atoms with Gasteiger partial charge in [-0.2, -0.15) is 4.98 Å². The Bertz CT molecular complexity index is 940. The average molecular weight is 469 g/mol. The van der Waals surface area contributed by atoms with Crippen molar-refractivity contribution in [1.29, 1.82) is 0 Å². The minimum absolute atomic E-state index is 0.189. The van der Waals surface area contributed by atoms with Crippen LogP contribution in [0.1, 0.15) is 46.1 Å². The molecule has 0 saturated carbocycles. The van der Waals surface area contributed by atoms with Gasteiger partial charge >= 0.3 is 6.09 Å². The highest BCUT2D eigenvalue weighted by atomic mass is 16.6. The second kappa shape index (κ2) is 12.2. The summed E-state index contributed by atoms with van der Waals surface area (Å²) in [6.07, 6.45) is 4.84. The van der Waals surface area contributed by atoms with Crippen molar-refractivity contribution in [2.24, 2.45) is 0 Å². The van der Waals surface area contributed by atoms with Gasteiger partial charge in [-0.3, -0.25) is 0 Å². The van der Waals surface area contributed by atoms with Crippen molar-refractivity contribution in [2.45, 2.75) is 59.0 Å². The number of carbonyl (C=O) groups is 2. The molecule has 1 fully saturated rings. The number of hydrogen-bond acceptors (Lipinski definition) is 8. The molecule has 1 aromatic heterocycles. The van der Waals surface area contributed by atoms with Crippen molar-refractivity contribution >= 4 is 29.8 Å². The van der Waals surface area contributed by atoms with Crippen LogP contribution in [-0.2, 0) is 11.2 Å². The van der Waals surface area contributed by atoms with Crippen molar-refractivity contribution < 1.29 is 14.3 Å². The van der Waals surface area contributed by atoms with E-state index in [0.717, 1.165) is 56.6 Å². The molecule has 1 aromatic carbocycles. The van der Waals surface area contributed by atoms with Gasteiger partial charge in [-0.05, 0) is 64.7 Å². The van der Waals surface area contributed by atoms with Gasteiger partial charge in [0.2, 0.25) is 5.95 Å². The summed E-state index contributed by atoms with van der Waals surface area (Å²) in [7, 11) is 0. The molecular formula is C25H36N6O3. The number of nitrogens with one attached hydrogen (secondary N) is 2. The maximum Gasteiger partial charge on any atom is 0.415 e. The Hall–Kier alpha value is -3.36. The first kappa shape index (κ1) is 25.3. The molecule has 3 rings (SSSR count). The van der Waals surface area contributed by atoms with Gasteiger partial charge in [0.15, 0.2) is 5.82 Å². The van der Waals surface area contributed by atoms with Gasteiger partial charge in [0, 0.05) is 32.2 Å². The van der Waals surface area contributed by atoms with E-state index in [1.165, 1.54) is 0 Å². The fourth-order valence-electron chi connectivity index (χ4n) is 3.88. The maximum absolute atomic E-state index is 12.2. The number of hydrogen-bond donors (Lipinski definition) is 2. The van der Waals surface area contributed by atoms with E-state index in [4.69, 9.17) is 9.72 Å². The van der Waals surface area contributed by atoms with Crippen molar-refractivity contribution in [2.75, 3.05) is 41.7 Å². The Morgan fingerprint density at radius 3 is 2.41 bits per heavy atom. The van der Waals surface area contributed by atoms with Crippen LogP contribution in [0.5, 0.6) is 5.75 Å². The van der Waals surface area contributed by atoms with Crippen LogP contribution in [0, 0.1) is 0 Å². The van der Waals surface area contributed by atoms with Crippen LogP contribution < -0.4 is 20.3 Å². The van der Waals surface area contributed by atoms with Gasteiger partial charge < -0.3 is 30.0 Å². The molecule has 0 unspecified atom stereocenters. The predicted octanol–water partition coefficient (Wildman–Crippen LogP) is 3.96. The van der Waals surface area contributed by atoms with Crippen LogP contribution in [-0.4, -0.2) is 65.5 Å². The molecule has 184 valence electrons. The van der Waals surface area contributed by atoms with Crippen LogP contribution in [0.15, 0.2) is 30.5 Å². The largest absolute Gasteiger partial charge is 0.415 e. The molecule has 2 heterocycles. The quantitative estimate of drug-likeness (QED) is 0.478. The zero-order chi connectivity index (χ0) is 24.5. The van der Waals surface area contributed by atoms with E-state index < -0.39 is 6.04 Å². The molecule has 1 saturated heterocycles. The number of aldehydes is 1. The number of amides is 1. The molecule has 0 radical (unpaired) electrons. The summed E-state index contributed by atoms with van der Waals surface area (Å²) in [6, 6.07) is 6.98. The fourth-order valence-corrected chi connectivity index (χ4v) is 3.88. The second-order valence-corrected chi connectivity index (χ2v) is 8.70. The first-order valence-electron chi connectivity index (χ1n) is 12.1. The van der Waals surface area contributed by atoms with Crippen molar-refractivity contribution in [3.8, 4) is 5.75 Å². The van der Waals surface area contributed by atoms with Gasteiger partial charge in [-0.1, -0.05) is 12.1 Å². The van der Waals surface area contributed by atoms with Crippen LogP contribution in [0.25, 0.3) is 0 Å². The molecule has 2 aromatic rings. The van der Waals surface area contributed by atoms with Crippen LogP contribution in [0.3, 0.4) is 0 Å². The van der Waals surface area contributed by atoms with Gasteiger partial charge in [0.1, 0.15) is 12.0 Å². The highest BCUT2D eigenvalue weighted by molar-refractivity contribution is 5.72. The van der Waals surface area contributed by atoms with E-state index in [2.05, 4.69) is 34.4 Å².